The molecule has 3 aromatic rings. The second kappa shape index (κ2) is 7.74. The van der Waals surface area contributed by atoms with Crippen molar-refractivity contribution in [3.05, 3.63) is 54.1 Å². The van der Waals surface area contributed by atoms with E-state index < -0.39 is 0 Å². The fourth-order valence-corrected chi connectivity index (χ4v) is 5.31. The normalized spacial score (nSPS) is 21.6. The second-order valence-corrected chi connectivity index (χ2v) is 8.78. The summed E-state index contributed by atoms with van der Waals surface area (Å²) in [6.07, 6.45) is 1.15. The lowest BCUT2D eigenvalue weighted by Gasteiger charge is -2.24. The van der Waals surface area contributed by atoms with Gasteiger partial charge in [-0.05, 0) is 48.7 Å². The number of fused-ring (bicyclic) bond motifs is 2. The van der Waals surface area contributed by atoms with Crippen molar-refractivity contribution in [3.8, 4) is 10.9 Å². The minimum absolute atomic E-state index is 0.0655. The van der Waals surface area contributed by atoms with Crippen molar-refractivity contribution in [2.75, 3.05) is 26.2 Å². The predicted molar refractivity (Wildman–Crippen MR) is 114 cm³/mol. The quantitative estimate of drug-likeness (QED) is 0.702. The van der Waals surface area contributed by atoms with Gasteiger partial charge in [0, 0.05) is 25.7 Å². The molecule has 7 heteroatoms. The van der Waals surface area contributed by atoms with Crippen molar-refractivity contribution in [1.29, 1.82) is 0 Å². The van der Waals surface area contributed by atoms with Crippen LogP contribution in [0.1, 0.15) is 12.0 Å². The van der Waals surface area contributed by atoms with Gasteiger partial charge in [0.05, 0.1) is 16.8 Å². The summed E-state index contributed by atoms with van der Waals surface area (Å²) in [6, 6.07) is 16.7. The van der Waals surface area contributed by atoms with Crippen LogP contribution in [0.25, 0.3) is 10.2 Å². The van der Waals surface area contributed by atoms with Crippen LogP contribution in [-0.4, -0.2) is 52.9 Å². The fourth-order valence-electron chi connectivity index (χ4n) is 4.47. The zero-order valence-electron chi connectivity index (χ0n) is 16.2. The highest BCUT2D eigenvalue weighted by Crippen LogP contribution is 2.34. The van der Waals surface area contributed by atoms with Crippen LogP contribution in [0, 0.1) is 5.92 Å². The van der Waals surface area contributed by atoms with Crippen LogP contribution in [0.2, 0.25) is 0 Å². The van der Waals surface area contributed by atoms with Crippen molar-refractivity contribution in [2.45, 2.75) is 19.0 Å². The van der Waals surface area contributed by atoms with E-state index in [4.69, 9.17) is 10.5 Å². The summed E-state index contributed by atoms with van der Waals surface area (Å²) in [5.74, 6) is 1.44. The minimum Gasteiger partial charge on any atom is -0.431 e. The molecular weight excluding hydrogens is 384 g/mol. The van der Waals surface area contributed by atoms with Crippen LogP contribution in [-0.2, 0) is 11.3 Å². The number of thiazole rings is 1. The lowest BCUT2D eigenvalue weighted by molar-refractivity contribution is -0.129. The van der Waals surface area contributed by atoms with Gasteiger partial charge in [0.25, 0.3) is 5.19 Å². The third kappa shape index (κ3) is 3.73. The molecule has 0 bridgehead atoms. The van der Waals surface area contributed by atoms with Crippen molar-refractivity contribution in [3.63, 3.8) is 0 Å². The second-order valence-electron chi connectivity index (χ2n) is 7.78. The highest BCUT2D eigenvalue weighted by atomic mass is 32.1. The Bertz CT molecular complexity index is 986. The van der Waals surface area contributed by atoms with Crippen molar-refractivity contribution in [1.82, 2.24) is 14.8 Å². The molecule has 1 amide bonds. The Hall–Kier alpha value is -2.48. The third-order valence-electron chi connectivity index (χ3n) is 5.98. The highest BCUT2D eigenvalue weighted by Gasteiger charge is 2.42. The number of nitrogens with two attached hydrogens (primary N) is 1. The Kier molecular flexibility index (Phi) is 4.95. The monoisotopic (exact) mass is 408 g/mol. The molecule has 5 rings (SSSR count). The van der Waals surface area contributed by atoms with Crippen LogP contribution in [0.3, 0.4) is 0 Å². The van der Waals surface area contributed by atoms with E-state index in [0.29, 0.717) is 17.2 Å². The molecule has 0 radical (unpaired) electrons. The van der Waals surface area contributed by atoms with Crippen LogP contribution in [0.4, 0.5) is 0 Å². The zero-order chi connectivity index (χ0) is 19.8. The number of ether oxygens (including phenoxy) is 1. The average molecular weight is 409 g/mol. The third-order valence-corrected chi connectivity index (χ3v) is 6.89. The van der Waals surface area contributed by atoms with Gasteiger partial charge in [-0.1, -0.05) is 35.6 Å². The van der Waals surface area contributed by atoms with Gasteiger partial charge in [-0.3, -0.25) is 9.69 Å². The SMILES string of the molecule is NCC(=O)N1CC2CCN(Cc3ccc(Oc4nc5ccccc5s4)cc3)C2C1. The molecule has 2 atom stereocenters. The smallest absolute Gasteiger partial charge is 0.279 e. The fraction of sp³-hybridized carbons (Fsp3) is 0.364. The van der Waals surface area contributed by atoms with E-state index in [1.807, 2.05) is 35.2 Å². The number of amides is 1. The van der Waals surface area contributed by atoms with E-state index in [1.54, 1.807) is 11.3 Å². The Morgan fingerprint density at radius 3 is 2.79 bits per heavy atom. The summed E-state index contributed by atoms with van der Waals surface area (Å²) < 4.78 is 7.07. The maximum atomic E-state index is 11.9. The van der Waals surface area contributed by atoms with E-state index in [-0.39, 0.29) is 12.5 Å². The van der Waals surface area contributed by atoms with E-state index in [0.717, 1.165) is 48.6 Å². The number of aromatic nitrogens is 1. The molecule has 0 saturated carbocycles. The Morgan fingerprint density at radius 1 is 1.17 bits per heavy atom. The lowest BCUT2D eigenvalue weighted by Crippen LogP contribution is -2.39. The Morgan fingerprint density at radius 2 is 2.00 bits per heavy atom. The van der Waals surface area contributed by atoms with E-state index >= 15 is 0 Å². The lowest BCUT2D eigenvalue weighted by atomic mass is 10.0. The standard InChI is InChI=1S/C22H24N4O2S/c23-11-21(27)26-13-16-9-10-25(19(16)14-26)12-15-5-7-17(8-6-15)28-22-24-18-3-1-2-4-20(18)29-22/h1-8,16,19H,9-14,23H2. The van der Waals surface area contributed by atoms with Crippen LogP contribution >= 0.6 is 11.3 Å². The molecule has 2 saturated heterocycles. The maximum absolute atomic E-state index is 11.9. The molecule has 2 aliphatic heterocycles. The molecule has 6 nitrogen and oxygen atoms in total. The molecule has 3 heterocycles. The summed E-state index contributed by atoms with van der Waals surface area (Å²) in [5.41, 5.74) is 7.75. The first kappa shape index (κ1) is 18.5. The Balaban J connectivity index is 1.22. The number of benzene rings is 2. The van der Waals surface area contributed by atoms with Crippen LogP contribution < -0.4 is 10.5 Å². The largest absolute Gasteiger partial charge is 0.431 e. The van der Waals surface area contributed by atoms with Gasteiger partial charge < -0.3 is 15.4 Å². The predicted octanol–water partition coefficient (Wildman–Crippen LogP) is 3.08. The number of hydrogen-bond donors (Lipinski definition) is 1. The van der Waals surface area contributed by atoms with Gasteiger partial charge >= 0.3 is 0 Å². The van der Waals surface area contributed by atoms with Gasteiger partial charge in [-0.25, -0.2) is 4.98 Å². The van der Waals surface area contributed by atoms with Gasteiger partial charge in [0.1, 0.15) is 5.75 Å². The van der Waals surface area contributed by atoms with Gasteiger partial charge in [0.15, 0.2) is 0 Å². The highest BCUT2D eigenvalue weighted by molar-refractivity contribution is 7.20. The molecule has 150 valence electrons. The molecule has 0 aliphatic carbocycles. The maximum Gasteiger partial charge on any atom is 0.279 e. The van der Waals surface area contributed by atoms with E-state index in [2.05, 4.69) is 28.1 Å². The van der Waals surface area contributed by atoms with Crippen LogP contribution in [0.5, 0.6) is 10.9 Å². The summed E-state index contributed by atoms with van der Waals surface area (Å²) in [7, 11) is 0. The minimum atomic E-state index is 0.0655. The van der Waals surface area contributed by atoms with Gasteiger partial charge in [-0.15, -0.1) is 0 Å². The first-order chi connectivity index (χ1) is 14.2. The van der Waals surface area contributed by atoms with E-state index in [9.17, 15) is 4.79 Å². The molecule has 1 aromatic heterocycles. The zero-order valence-corrected chi connectivity index (χ0v) is 17.0. The number of para-hydroxylation sites is 1. The van der Waals surface area contributed by atoms with Gasteiger partial charge in [0.2, 0.25) is 5.91 Å². The molecule has 2 unspecified atom stereocenters. The van der Waals surface area contributed by atoms with Crippen LogP contribution in [0.15, 0.2) is 48.5 Å². The van der Waals surface area contributed by atoms with Crippen molar-refractivity contribution in [2.24, 2.45) is 11.7 Å². The summed E-state index contributed by atoms with van der Waals surface area (Å²) >= 11 is 1.55. The molecule has 2 aliphatic rings. The number of carbonyl (C=O) groups excluding carboxylic acids is 1. The topological polar surface area (TPSA) is 71.7 Å². The molecule has 0 spiro atoms. The number of carbonyl (C=O) groups is 1. The number of likely N-dealkylation sites (tertiary alicyclic amines) is 2. The molecule has 2 N–H and O–H groups in total. The molecule has 2 aromatic carbocycles. The van der Waals surface area contributed by atoms with Crippen molar-refractivity contribution >= 4 is 27.5 Å². The number of nitrogens with zero attached hydrogens (tertiary/aromatic N) is 3. The molecular formula is C22H24N4O2S. The average Bonchev–Trinajstić information content (AvgIpc) is 3.43. The van der Waals surface area contributed by atoms with Gasteiger partial charge in [-0.2, -0.15) is 0 Å². The van der Waals surface area contributed by atoms with Crippen molar-refractivity contribution < 1.29 is 9.53 Å². The Labute approximate surface area is 173 Å². The summed E-state index contributed by atoms with van der Waals surface area (Å²) in [6.45, 7) is 3.75. The molecule has 29 heavy (non-hydrogen) atoms. The first-order valence-electron chi connectivity index (χ1n) is 10.0. The number of hydrogen-bond acceptors (Lipinski definition) is 6. The summed E-state index contributed by atoms with van der Waals surface area (Å²) in [4.78, 5) is 20.9. The first-order valence-corrected chi connectivity index (χ1v) is 10.9. The summed E-state index contributed by atoms with van der Waals surface area (Å²) in [5, 5.41) is 0.664. The molecule has 2 fully saturated rings. The van der Waals surface area contributed by atoms with E-state index in [1.165, 1.54) is 5.56 Å². The number of rotatable bonds is 5.